The highest BCUT2D eigenvalue weighted by molar-refractivity contribution is 7.80. The summed E-state index contributed by atoms with van der Waals surface area (Å²) >= 11 is -2.02. The van der Waals surface area contributed by atoms with Gasteiger partial charge in [-0.1, -0.05) is 12.1 Å². The van der Waals surface area contributed by atoms with Crippen LogP contribution >= 0.6 is 0 Å². The van der Waals surface area contributed by atoms with E-state index in [1.165, 1.54) is 0 Å². The average molecular weight is 200 g/mol. The van der Waals surface area contributed by atoms with Crippen molar-refractivity contribution in [3.8, 4) is 0 Å². The molecule has 0 saturated heterocycles. The van der Waals surface area contributed by atoms with Crippen LogP contribution in [0, 0.1) is 6.92 Å². The summed E-state index contributed by atoms with van der Waals surface area (Å²) < 4.78 is 21.5. The van der Waals surface area contributed by atoms with Gasteiger partial charge in [0.25, 0.3) is 11.3 Å². The topological polar surface area (TPSA) is 75.3 Å². The highest BCUT2D eigenvalue weighted by atomic mass is 32.2. The minimum Gasteiger partial charge on any atom is -0.326 e. The molecule has 0 aliphatic carbocycles. The Morgan fingerprint density at radius 3 is 2.77 bits per heavy atom. The molecule has 5 heteroatoms. The van der Waals surface area contributed by atoms with Crippen molar-refractivity contribution in [3.63, 3.8) is 0 Å². The molecule has 1 atom stereocenters. The fourth-order valence-corrected chi connectivity index (χ4v) is 1.48. The summed E-state index contributed by atoms with van der Waals surface area (Å²) in [7, 11) is 0. The third-order valence-electron chi connectivity index (χ3n) is 1.72. The number of rotatable bonds is 3. The van der Waals surface area contributed by atoms with Crippen LogP contribution in [0.3, 0.4) is 0 Å². The molecule has 1 aromatic carbocycles. The lowest BCUT2D eigenvalue weighted by Gasteiger charge is -2.06. The predicted octanol–water partition coefficient (Wildman–Crippen LogP) is 1.00. The Balaban J connectivity index is 2.91. The van der Waals surface area contributed by atoms with Crippen molar-refractivity contribution >= 4 is 17.0 Å². The van der Waals surface area contributed by atoms with Gasteiger partial charge in [-0.15, -0.1) is 0 Å². The Labute approximate surface area is 79.6 Å². The van der Waals surface area contributed by atoms with Crippen molar-refractivity contribution in [2.45, 2.75) is 13.5 Å². The maximum atomic E-state index is 10.5. The van der Waals surface area contributed by atoms with Gasteiger partial charge in [-0.3, -0.25) is 9.27 Å². The summed E-state index contributed by atoms with van der Waals surface area (Å²) in [6.45, 7) is 2.33. The number of hydrogen-bond donors (Lipinski definition) is 3. The molecule has 4 nitrogen and oxygen atoms in total. The van der Waals surface area contributed by atoms with Crippen LogP contribution in [0.5, 0.6) is 0 Å². The van der Waals surface area contributed by atoms with Crippen LogP contribution in [0.15, 0.2) is 18.2 Å². The van der Waals surface area contributed by atoms with E-state index in [-0.39, 0.29) is 0 Å². The van der Waals surface area contributed by atoms with Gasteiger partial charge in [0.05, 0.1) is 5.69 Å². The summed E-state index contributed by atoms with van der Waals surface area (Å²) in [4.78, 5) is 0. The first-order valence-electron chi connectivity index (χ1n) is 3.80. The lowest BCUT2D eigenvalue weighted by Crippen LogP contribution is -2.04. The zero-order valence-corrected chi connectivity index (χ0v) is 8.10. The van der Waals surface area contributed by atoms with Crippen molar-refractivity contribution in [2.24, 2.45) is 5.73 Å². The first kappa shape index (κ1) is 10.2. The number of nitrogens with one attached hydrogen (secondary N) is 1. The molecule has 72 valence electrons. The molecule has 0 fully saturated rings. The molecule has 1 unspecified atom stereocenters. The van der Waals surface area contributed by atoms with Crippen LogP contribution < -0.4 is 10.5 Å². The van der Waals surface area contributed by atoms with Crippen LogP contribution in [0.1, 0.15) is 11.1 Å². The molecule has 0 amide bonds. The van der Waals surface area contributed by atoms with E-state index < -0.39 is 11.3 Å². The van der Waals surface area contributed by atoms with Crippen LogP contribution in [-0.4, -0.2) is 8.76 Å². The maximum absolute atomic E-state index is 10.5. The lowest BCUT2D eigenvalue weighted by atomic mass is 10.1. The molecular formula is C8H12N2O2S. The second-order valence-electron chi connectivity index (χ2n) is 2.70. The molecule has 0 radical (unpaired) electrons. The number of hydrogen-bond acceptors (Lipinski definition) is 2. The molecule has 0 aromatic heterocycles. The van der Waals surface area contributed by atoms with E-state index in [4.69, 9.17) is 10.3 Å². The highest BCUT2D eigenvalue weighted by Crippen LogP contribution is 2.16. The minimum absolute atomic E-state index is 0.476. The quantitative estimate of drug-likeness (QED) is 0.637. The molecule has 13 heavy (non-hydrogen) atoms. The van der Waals surface area contributed by atoms with Crippen molar-refractivity contribution in [3.05, 3.63) is 29.3 Å². The van der Waals surface area contributed by atoms with Crippen LogP contribution in [0.25, 0.3) is 0 Å². The van der Waals surface area contributed by atoms with Gasteiger partial charge in [-0.05, 0) is 24.1 Å². The fraction of sp³-hybridized carbons (Fsp3) is 0.250. The third kappa shape index (κ3) is 2.80. The van der Waals surface area contributed by atoms with Crippen molar-refractivity contribution < 1.29 is 8.76 Å². The van der Waals surface area contributed by atoms with E-state index >= 15 is 0 Å². The molecule has 0 aliphatic heterocycles. The first-order valence-corrected chi connectivity index (χ1v) is 4.91. The van der Waals surface area contributed by atoms with Crippen LogP contribution in [0.2, 0.25) is 0 Å². The second-order valence-corrected chi connectivity index (χ2v) is 3.41. The van der Waals surface area contributed by atoms with Gasteiger partial charge < -0.3 is 5.73 Å². The van der Waals surface area contributed by atoms with Crippen molar-refractivity contribution in [2.75, 3.05) is 4.72 Å². The molecule has 1 rings (SSSR count). The highest BCUT2D eigenvalue weighted by Gasteiger charge is 2.00. The third-order valence-corrected chi connectivity index (χ3v) is 2.12. The lowest BCUT2D eigenvalue weighted by molar-refractivity contribution is 0.570. The van der Waals surface area contributed by atoms with Crippen LogP contribution in [0.4, 0.5) is 5.69 Å². The minimum atomic E-state index is -2.02. The first-order chi connectivity index (χ1) is 6.13. The zero-order chi connectivity index (χ0) is 9.84. The number of nitrogens with two attached hydrogens (primary N) is 1. The standard InChI is InChI=1S/C8H12N2O2S/c1-6-4-7(5-9)2-3-8(6)10-13(11)12/h2-4,10H,5,9H2,1H3,(H,11,12). The van der Waals surface area contributed by atoms with E-state index in [0.29, 0.717) is 12.2 Å². The van der Waals surface area contributed by atoms with Gasteiger partial charge in [-0.25, -0.2) is 4.21 Å². The summed E-state index contributed by atoms with van der Waals surface area (Å²) in [5, 5.41) is 0. The van der Waals surface area contributed by atoms with E-state index in [2.05, 4.69) is 4.72 Å². The summed E-state index contributed by atoms with van der Waals surface area (Å²) in [5.74, 6) is 0. The van der Waals surface area contributed by atoms with Crippen molar-refractivity contribution in [1.29, 1.82) is 0 Å². The van der Waals surface area contributed by atoms with E-state index in [9.17, 15) is 4.21 Å². The number of anilines is 1. The number of aryl methyl sites for hydroxylation is 1. The molecular weight excluding hydrogens is 188 g/mol. The van der Waals surface area contributed by atoms with E-state index in [1.54, 1.807) is 6.07 Å². The van der Waals surface area contributed by atoms with Gasteiger partial charge in [0.2, 0.25) is 0 Å². The summed E-state index contributed by atoms with van der Waals surface area (Å²) in [5.41, 5.74) is 8.01. The van der Waals surface area contributed by atoms with Crippen LogP contribution in [-0.2, 0) is 17.8 Å². The Kier molecular flexibility index (Phi) is 3.41. The Bertz CT molecular complexity index is 328. The normalized spacial score (nSPS) is 12.5. The molecule has 4 N–H and O–H groups in total. The largest absolute Gasteiger partial charge is 0.326 e. The molecule has 0 spiro atoms. The predicted molar refractivity (Wildman–Crippen MR) is 53.5 cm³/mol. The van der Waals surface area contributed by atoms with E-state index in [0.717, 1.165) is 11.1 Å². The second kappa shape index (κ2) is 4.36. The molecule has 0 bridgehead atoms. The van der Waals surface area contributed by atoms with Gasteiger partial charge in [0.15, 0.2) is 0 Å². The van der Waals surface area contributed by atoms with Gasteiger partial charge in [-0.2, -0.15) is 0 Å². The zero-order valence-electron chi connectivity index (χ0n) is 7.28. The summed E-state index contributed by atoms with van der Waals surface area (Å²) in [6.07, 6.45) is 0. The van der Waals surface area contributed by atoms with Crippen molar-refractivity contribution in [1.82, 2.24) is 0 Å². The molecule has 0 heterocycles. The maximum Gasteiger partial charge on any atom is 0.259 e. The van der Waals surface area contributed by atoms with Gasteiger partial charge in [0, 0.05) is 6.54 Å². The Morgan fingerprint density at radius 1 is 1.62 bits per heavy atom. The molecule has 1 aromatic rings. The molecule has 0 aliphatic rings. The SMILES string of the molecule is Cc1cc(CN)ccc1NS(=O)O. The number of benzene rings is 1. The van der Waals surface area contributed by atoms with E-state index in [1.807, 2.05) is 19.1 Å². The average Bonchev–Trinajstić information content (AvgIpc) is 2.08. The molecule has 0 saturated carbocycles. The Hall–Kier alpha value is -0.910. The summed E-state index contributed by atoms with van der Waals surface area (Å²) in [6, 6.07) is 5.45. The van der Waals surface area contributed by atoms with Gasteiger partial charge in [0.1, 0.15) is 0 Å². The monoisotopic (exact) mass is 200 g/mol. The smallest absolute Gasteiger partial charge is 0.259 e. The fourth-order valence-electron chi connectivity index (χ4n) is 1.06. The Morgan fingerprint density at radius 2 is 2.31 bits per heavy atom. The van der Waals surface area contributed by atoms with Gasteiger partial charge >= 0.3 is 0 Å².